The van der Waals surface area contributed by atoms with Crippen molar-refractivity contribution in [2.24, 2.45) is 10.8 Å². The minimum atomic E-state index is 0.557. The average molecular weight is 130 g/mol. The Morgan fingerprint density at radius 1 is 1.56 bits per heavy atom. The van der Waals surface area contributed by atoms with Gasteiger partial charge in [0.15, 0.2) is 0 Å². The summed E-state index contributed by atoms with van der Waals surface area (Å²) in [6, 6.07) is 0. The van der Waals surface area contributed by atoms with Crippen molar-refractivity contribution in [2.45, 2.75) is 0 Å². The van der Waals surface area contributed by atoms with Gasteiger partial charge in [-0.3, -0.25) is 0 Å². The number of ether oxygens (including phenoxy) is 1. The Hall–Kier alpha value is -0.700. The minimum absolute atomic E-state index is 0.557. The molecule has 2 N–H and O–H groups in total. The van der Waals surface area contributed by atoms with E-state index in [-0.39, 0.29) is 0 Å². The Morgan fingerprint density at radius 3 is 2.89 bits per heavy atom. The Balaban J connectivity index is 2.82. The normalized spacial score (nSPS) is 8.56. The van der Waals surface area contributed by atoms with Crippen molar-refractivity contribution < 1.29 is 9.53 Å². The van der Waals surface area contributed by atoms with Crippen LogP contribution in [0.1, 0.15) is 0 Å². The van der Waals surface area contributed by atoms with Gasteiger partial charge in [0.2, 0.25) is 0 Å². The van der Waals surface area contributed by atoms with Crippen LogP contribution in [0.2, 0.25) is 0 Å². The van der Waals surface area contributed by atoms with Gasteiger partial charge in [-0.25, -0.2) is 0 Å². The van der Waals surface area contributed by atoms with E-state index < -0.39 is 0 Å². The summed E-state index contributed by atoms with van der Waals surface area (Å²) in [5, 5.41) is 3.59. The summed E-state index contributed by atoms with van der Waals surface area (Å²) < 4.78 is 4.98. The molecule has 0 heterocycles. The lowest BCUT2D eigenvalue weighted by molar-refractivity contribution is -0.0815. The summed E-state index contributed by atoms with van der Waals surface area (Å²) in [7, 11) is 0. The van der Waals surface area contributed by atoms with Crippen molar-refractivity contribution >= 4 is 6.72 Å². The molecule has 0 rings (SSSR count). The summed E-state index contributed by atoms with van der Waals surface area (Å²) in [6.07, 6.45) is 0. The van der Waals surface area contributed by atoms with Gasteiger partial charge in [-0.2, -0.15) is 0 Å². The van der Waals surface area contributed by atoms with E-state index in [4.69, 9.17) is 10.5 Å². The number of nitrogens with two attached hydrogens (primary N) is 1. The highest BCUT2D eigenvalue weighted by Gasteiger charge is 1.85. The van der Waals surface area contributed by atoms with Gasteiger partial charge in [0.1, 0.15) is 6.54 Å². The van der Waals surface area contributed by atoms with Crippen LogP contribution in [-0.4, -0.2) is 37.8 Å². The third-order valence-electron chi connectivity index (χ3n) is 0.698. The molecule has 0 radical (unpaired) electrons. The van der Waals surface area contributed by atoms with E-state index in [0.29, 0.717) is 26.3 Å². The molecule has 0 aromatic carbocycles. The lowest BCUT2D eigenvalue weighted by atomic mass is 10.7. The number of hydrogen-bond donors (Lipinski definition) is 1. The largest absolute Gasteiger partial charge is 0.378 e. The van der Waals surface area contributed by atoms with E-state index >= 15 is 0 Å². The van der Waals surface area contributed by atoms with Gasteiger partial charge in [0, 0.05) is 11.3 Å². The second-order valence-electron chi connectivity index (χ2n) is 1.41. The van der Waals surface area contributed by atoms with Gasteiger partial charge < -0.3 is 10.5 Å². The third kappa shape index (κ3) is 7.30. The Bertz CT molecular complexity index is 98.4. The van der Waals surface area contributed by atoms with E-state index in [2.05, 4.69) is 16.6 Å². The molecule has 4 nitrogen and oxygen atoms in total. The summed E-state index contributed by atoms with van der Waals surface area (Å²) in [5.74, 6) is 0. The zero-order valence-electron chi connectivity index (χ0n) is 5.42. The fourth-order valence-corrected chi connectivity index (χ4v) is 0.361. The SMILES string of the molecule is C=[N+]=NCCOCCN. The predicted octanol–water partition coefficient (Wildman–Crippen LogP) is -0.677. The number of nitrogens with zero attached hydrogens (tertiary/aromatic N) is 2. The van der Waals surface area contributed by atoms with Crippen LogP contribution in [-0.2, 0) is 4.74 Å². The zero-order chi connectivity index (χ0) is 6.95. The molecule has 0 aliphatic rings. The maximum atomic E-state index is 5.15. The quantitative estimate of drug-likeness (QED) is 0.232. The fraction of sp³-hybridized carbons (Fsp3) is 0.800. The fourth-order valence-electron chi connectivity index (χ4n) is 0.361. The monoisotopic (exact) mass is 130 g/mol. The highest BCUT2D eigenvalue weighted by molar-refractivity contribution is 5.12. The molecular weight excluding hydrogens is 118 g/mol. The smallest absolute Gasteiger partial charge is 0.295 e. The van der Waals surface area contributed by atoms with Gasteiger partial charge in [-0.15, -0.1) is 0 Å². The topological polar surface area (TPSA) is 61.7 Å². The first-order valence-electron chi connectivity index (χ1n) is 2.82. The zero-order valence-corrected chi connectivity index (χ0v) is 5.42. The van der Waals surface area contributed by atoms with Crippen LogP contribution in [0.5, 0.6) is 0 Å². The van der Waals surface area contributed by atoms with Crippen LogP contribution in [0.4, 0.5) is 0 Å². The summed E-state index contributed by atoms with van der Waals surface area (Å²) >= 11 is 0. The van der Waals surface area contributed by atoms with Crippen LogP contribution < -0.4 is 5.73 Å². The van der Waals surface area contributed by atoms with Crippen LogP contribution in [0.25, 0.3) is 0 Å². The first-order chi connectivity index (χ1) is 4.41. The van der Waals surface area contributed by atoms with Crippen molar-refractivity contribution in [2.75, 3.05) is 26.3 Å². The van der Waals surface area contributed by atoms with Gasteiger partial charge >= 0.3 is 0 Å². The summed E-state index contributed by atoms with van der Waals surface area (Å²) in [4.78, 5) is 3.30. The van der Waals surface area contributed by atoms with Crippen molar-refractivity contribution in [3.63, 3.8) is 0 Å². The molecule has 52 valence electrons. The van der Waals surface area contributed by atoms with Crippen LogP contribution >= 0.6 is 0 Å². The standard InChI is InChI=1S/C5H12N3O/c1-7-8-3-5-9-4-2-6/h1-6H2/q+1. The van der Waals surface area contributed by atoms with Crippen molar-refractivity contribution in [3.05, 3.63) is 0 Å². The van der Waals surface area contributed by atoms with Crippen molar-refractivity contribution in [3.8, 4) is 0 Å². The van der Waals surface area contributed by atoms with E-state index in [1.54, 1.807) is 0 Å². The lowest BCUT2D eigenvalue weighted by Gasteiger charge is -1.93. The molecule has 0 amide bonds. The summed E-state index contributed by atoms with van der Waals surface area (Å²) in [6.45, 7) is 5.48. The average Bonchev–Trinajstić information content (AvgIpc) is 1.89. The molecule has 0 saturated carbocycles. The van der Waals surface area contributed by atoms with E-state index in [9.17, 15) is 0 Å². The first kappa shape index (κ1) is 8.30. The second-order valence-corrected chi connectivity index (χ2v) is 1.41. The highest BCUT2D eigenvalue weighted by Crippen LogP contribution is 1.71. The van der Waals surface area contributed by atoms with Crippen LogP contribution in [0.3, 0.4) is 0 Å². The van der Waals surface area contributed by atoms with Crippen molar-refractivity contribution in [1.82, 2.24) is 0 Å². The molecule has 0 saturated heterocycles. The van der Waals surface area contributed by atoms with E-state index in [1.807, 2.05) is 0 Å². The molecule has 4 heteroatoms. The first-order valence-corrected chi connectivity index (χ1v) is 2.82. The second kappa shape index (κ2) is 7.30. The number of hydrogen-bond acceptors (Lipinski definition) is 3. The Kier molecular flexibility index (Phi) is 6.73. The van der Waals surface area contributed by atoms with Gasteiger partial charge in [0.05, 0.1) is 18.3 Å². The molecule has 0 aliphatic carbocycles. The molecule has 0 atom stereocenters. The third-order valence-corrected chi connectivity index (χ3v) is 0.698. The molecule has 0 fully saturated rings. The maximum Gasteiger partial charge on any atom is 0.295 e. The molecule has 0 unspecified atom stereocenters. The highest BCUT2D eigenvalue weighted by atomic mass is 16.5. The van der Waals surface area contributed by atoms with Crippen molar-refractivity contribution in [1.29, 1.82) is 0 Å². The van der Waals surface area contributed by atoms with Crippen LogP contribution in [0.15, 0.2) is 5.11 Å². The predicted molar refractivity (Wildman–Crippen MR) is 34.5 cm³/mol. The van der Waals surface area contributed by atoms with E-state index in [1.165, 1.54) is 0 Å². The van der Waals surface area contributed by atoms with E-state index in [0.717, 1.165) is 0 Å². The van der Waals surface area contributed by atoms with Gasteiger partial charge in [0.25, 0.3) is 6.72 Å². The van der Waals surface area contributed by atoms with Gasteiger partial charge in [-0.05, 0) is 0 Å². The molecule has 0 aromatic rings. The Labute approximate surface area is 54.4 Å². The van der Waals surface area contributed by atoms with Crippen LogP contribution in [0, 0.1) is 0 Å². The lowest BCUT2D eigenvalue weighted by Crippen LogP contribution is -2.10. The molecule has 0 aromatic heterocycles. The molecule has 0 aliphatic heterocycles. The number of rotatable bonds is 5. The molecule has 0 bridgehead atoms. The van der Waals surface area contributed by atoms with Gasteiger partial charge in [-0.1, -0.05) is 0 Å². The molecule has 0 spiro atoms. The molecule has 9 heavy (non-hydrogen) atoms. The minimum Gasteiger partial charge on any atom is -0.378 e. The molecular formula is C5H12N3O+. The maximum absolute atomic E-state index is 5.15. The summed E-state index contributed by atoms with van der Waals surface area (Å²) in [5.41, 5.74) is 5.15. The Morgan fingerprint density at radius 2 is 2.33 bits per heavy atom.